The van der Waals surface area contributed by atoms with Crippen LogP contribution in [0.25, 0.3) is 0 Å². The van der Waals surface area contributed by atoms with Gasteiger partial charge in [-0.05, 0) is 49.3 Å². The lowest BCUT2D eigenvalue weighted by molar-refractivity contribution is 0.0197. The highest BCUT2D eigenvalue weighted by molar-refractivity contribution is 5.19. The number of halogens is 1. The van der Waals surface area contributed by atoms with Gasteiger partial charge in [0.05, 0.1) is 12.7 Å². The van der Waals surface area contributed by atoms with E-state index < -0.39 is 0 Å². The van der Waals surface area contributed by atoms with Crippen molar-refractivity contribution in [2.75, 3.05) is 13.2 Å². The second-order valence-corrected chi connectivity index (χ2v) is 6.56. The van der Waals surface area contributed by atoms with E-state index in [0.717, 1.165) is 18.7 Å². The molecule has 2 fully saturated rings. The molecular weight excluding hydrogens is 265 g/mol. The highest BCUT2D eigenvalue weighted by Crippen LogP contribution is 2.27. The molecule has 0 aromatic heterocycles. The maximum absolute atomic E-state index is 13.1. The van der Waals surface area contributed by atoms with Crippen LogP contribution in [0, 0.1) is 11.7 Å². The molecule has 3 rings (SSSR count). The zero-order valence-corrected chi connectivity index (χ0v) is 12.7. The average molecular weight is 291 g/mol. The smallest absolute Gasteiger partial charge is 0.123 e. The highest BCUT2D eigenvalue weighted by atomic mass is 19.1. The molecule has 21 heavy (non-hydrogen) atoms. The quantitative estimate of drug-likeness (QED) is 0.812. The van der Waals surface area contributed by atoms with Gasteiger partial charge in [-0.15, -0.1) is 0 Å². The summed E-state index contributed by atoms with van der Waals surface area (Å²) in [7, 11) is 0. The molecule has 0 bridgehead atoms. The molecule has 1 N–H and O–H groups in total. The summed E-state index contributed by atoms with van der Waals surface area (Å²) in [4.78, 5) is 0. The molecule has 2 aliphatic rings. The van der Waals surface area contributed by atoms with E-state index in [2.05, 4.69) is 5.32 Å². The number of hydrogen-bond donors (Lipinski definition) is 1. The lowest BCUT2D eigenvalue weighted by atomic mass is 9.90. The third kappa shape index (κ3) is 4.79. The van der Waals surface area contributed by atoms with Crippen molar-refractivity contribution in [2.45, 2.75) is 57.1 Å². The Morgan fingerprint density at radius 3 is 2.43 bits per heavy atom. The van der Waals surface area contributed by atoms with Crippen LogP contribution in [-0.2, 0) is 4.74 Å². The Morgan fingerprint density at radius 1 is 1.05 bits per heavy atom. The maximum Gasteiger partial charge on any atom is 0.123 e. The highest BCUT2D eigenvalue weighted by Gasteiger charge is 2.23. The van der Waals surface area contributed by atoms with Crippen molar-refractivity contribution in [3.63, 3.8) is 0 Å². The Bertz CT molecular complexity index is 423. The normalized spacial score (nSPS) is 21.4. The number of ether oxygens (including phenoxy) is 1. The topological polar surface area (TPSA) is 21.3 Å². The van der Waals surface area contributed by atoms with Crippen LogP contribution in [0.5, 0.6) is 0 Å². The van der Waals surface area contributed by atoms with Crippen LogP contribution < -0.4 is 5.32 Å². The molecule has 116 valence electrons. The lowest BCUT2D eigenvalue weighted by Crippen LogP contribution is -2.27. The van der Waals surface area contributed by atoms with Gasteiger partial charge in [-0.25, -0.2) is 4.39 Å². The van der Waals surface area contributed by atoms with E-state index >= 15 is 0 Å². The summed E-state index contributed by atoms with van der Waals surface area (Å²) in [6.07, 6.45) is 9.26. The van der Waals surface area contributed by atoms with Gasteiger partial charge >= 0.3 is 0 Å². The van der Waals surface area contributed by atoms with Crippen LogP contribution >= 0.6 is 0 Å². The molecule has 1 aromatic carbocycles. The van der Waals surface area contributed by atoms with Crippen molar-refractivity contribution in [3.05, 3.63) is 35.6 Å². The van der Waals surface area contributed by atoms with Crippen LogP contribution in [-0.4, -0.2) is 19.2 Å². The average Bonchev–Trinajstić information content (AvgIpc) is 3.34. The summed E-state index contributed by atoms with van der Waals surface area (Å²) in [5, 5.41) is 3.54. The van der Waals surface area contributed by atoms with E-state index in [1.165, 1.54) is 57.1 Å². The monoisotopic (exact) mass is 291 g/mol. The predicted octanol–water partition coefficient (Wildman–Crippen LogP) is 4.22. The van der Waals surface area contributed by atoms with Crippen molar-refractivity contribution in [3.8, 4) is 0 Å². The van der Waals surface area contributed by atoms with E-state index in [9.17, 15) is 4.39 Å². The zero-order valence-electron chi connectivity index (χ0n) is 12.7. The molecule has 1 aromatic rings. The second kappa shape index (κ2) is 7.37. The first kappa shape index (κ1) is 15.0. The Morgan fingerprint density at radius 2 is 1.76 bits per heavy atom. The Balaban J connectivity index is 1.55. The minimum Gasteiger partial charge on any atom is -0.372 e. The van der Waals surface area contributed by atoms with E-state index in [4.69, 9.17) is 4.74 Å². The molecule has 0 radical (unpaired) electrons. The molecule has 0 amide bonds. The van der Waals surface area contributed by atoms with E-state index in [0.29, 0.717) is 12.0 Å². The lowest BCUT2D eigenvalue weighted by Gasteiger charge is -2.25. The first-order valence-electron chi connectivity index (χ1n) is 8.42. The second-order valence-electron chi connectivity index (χ2n) is 6.56. The fraction of sp³-hybridized carbons (Fsp3) is 0.667. The van der Waals surface area contributed by atoms with Crippen molar-refractivity contribution < 1.29 is 9.13 Å². The fourth-order valence-electron chi connectivity index (χ4n) is 3.12. The van der Waals surface area contributed by atoms with Gasteiger partial charge in [0.2, 0.25) is 0 Å². The molecule has 1 atom stereocenters. The first-order chi connectivity index (χ1) is 10.3. The molecule has 0 spiro atoms. The van der Waals surface area contributed by atoms with Crippen LogP contribution in [0.2, 0.25) is 0 Å². The Kier molecular flexibility index (Phi) is 5.26. The maximum atomic E-state index is 13.1. The van der Waals surface area contributed by atoms with Crippen LogP contribution in [0.15, 0.2) is 24.3 Å². The molecule has 2 aliphatic carbocycles. The summed E-state index contributed by atoms with van der Waals surface area (Å²) in [5.41, 5.74) is 1.08. The SMILES string of the molecule is Fc1ccc(C(CNC2CC2)OCC2CCCCC2)cc1. The molecule has 0 saturated heterocycles. The molecule has 1 unspecified atom stereocenters. The largest absolute Gasteiger partial charge is 0.372 e. The third-order valence-corrected chi connectivity index (χ3v) is 4.67. The van der Waals surface area contributed by atoms with Gasteiger partial charge in [-0.3, -0.25) is 0 Å². The summed E-state index contributed by atoms with van der Waals surface area (Å²) in [6, 6.07) is 7.45. The number of rotatable bonds is 7. The minimum absolute atomic E-state index is 0.0492. The van der Waals surface area contributed by atoms with Gasteiger partial charge < -0.3 is 10.1 Å². The fourth-order valence-corrected chi connectivity index (χ4v) is 3.12. The van der Waals surface area contributed by atoms with Crippen molar-refractivity contribution >= 4 is 0 Å². The standard InChI is InChI=1S/C18H26FNO/c19-16-8-6-15(7-9-16)18(12-20-17-10-11-17)21-13-14-4-2-1-3-5-14/h6-9,14,17-18,20H,1-5,10-13H2. The summed E-state index contributed by atoms with van der Waals surface area (Å²) >= 11 is 0. The number of benzene rings is 1. The van der Waals surface area contributed by atoms with Gasteiger partial charge in [0.25, 0.3) is 0 Å². The van der Waals surface area contributed by atoms with E-state index in [-0.39, 0.29) is 11.9 Å². The molecule has 2 nitrogen and oxygen atoms in total. The number of nitrogens with one attached hydrogen (secondary N) is 1. The predicted molar refractivity (Wildman–Crippen MR) is 82.7 cm³/mol. The minimum atomic E-state index is -0.181. The van der Waals surface area contributed by atoms with Gasteiger partial charge in [-0.1, -0.05) is 31.4 Å². The van der Waals surface area contributed by atoms with Gasteiger partial charge in [-0.2, -0.15) is 0 Å². The Labute approximate surface area is 127 Å². The Hall–Kier alpha value is -0.930. The van der Waals surface area contributed by atoms with Crippen LogP contribution in [0.4, 0.5) is 4.39 Å². The molecular formula is C18H26FNO. The van der Waals surface area contributed by atoms with Gasteiger partial charge in [0.1, 0.15) is 5.82 Å². The molecule has 2 saturated carbocycles. The van der Waals surface area contributed by atoms with Gasteiger partial charge in [0.15, 0.2) is 0 Å². The summed E-state index contributed by atoms with van der Waals surface area (Å²) in [6.45, 7) is 1.68. The molecule has 3 heteroatoms. The summed E-state index contributed by atoms with van der Waals surface area (Å²) in [5.74, 6) is 0.530. The van der Waals surface area contributed by atoms with Crippen molar-refractivity contribution in [1.82, 2.24) is 5.32 Å². The summed E-state index contributed by atoms with van der Waals surface area (Å²) < 4.78 is 19.3. The van der Waals surface area contributed by atoms with Crippen molar-refractivity contribution in [2.24, 2.45) is 5.92 Å². The zero-order chi connectivity index (χ0) is 14.5. The molecule has 0 heterocycles. The van der Waals surface area contributed by atoms with E-state index in [1.54, 1.807) is 0 Å². The first-order valence-corrected chi connectivity index (χ1v) is 8.42. The number of hydrogen-bond acceptors (Lipinski definition) is 2. The molecule has 0 aliphatic heterocycles. The van der Waals surface area contributed by atoms with Crippen molar-refractivity contribution in [1.29, 1.82) is 0 Å². The van der Waals surface area contributed by atoms with E-state index in [1.807, 2.05) is 12.1 Å². The third-order valence-electron chi connectivity index (χ3n) is 4.67. The van der Waals surface area contributed by atoms with Gasteiger partial charge in [0, 0.05) is 12.6 Å². The van der Waals surface area contributed by atoms with Crippen LogP contribution in [0.1, 0.15) is 56.6 Å². The van der Waals surface area contributed by atoms with Crippen LogP contribution in [0.3, 0.4) is 0 Å².